The van der Waals surface area contributed by atoms with E-state index in [0.717, 1.165) is 11.1 Å². The first kappa shape index (κ1) is 12.0. The van der Waals surface area contributed by atoms with Crippen LogP contribution in [0.2, 0.25) is 0 Å². The van der Waals surface area contributed by atoms with Crippen LogP contribution in [0.3, 0.4) is 0 Å². The van der Waals surface area contributed by atoms with Crippen molar-refractivity contribution < 1.29 is 4.79 Å². The first-order chi connectivity index (χ1) is 8.50. The van der Waals surface area contributed by atoms with Gasteiger partial charge in [-0.3, -0.25) is 4.79 Å². The normalized spacial score (nSPS) is 10.3. The minimum atomic E-state index is -0.610. The Hall–Kier alpha value is -2.43. The highest BCUT2D eigenvalue weighted by molar-refractivity contribution is 5.98. The number of hydrogen-bond donors (Lipinski definition) is 2. The molecule has 1 aromatic heterocycles. The molecule has 0 saturated carbocycles. The van der Waals surface area contributed by atoms with Crippen molar-refractivity contribution in [1.82, 2.24) is 9.97 Å². The Bertz CT molecular complexity index is 599. The third-order valence-electron chi connectivity index (χ3n) is 2.75. The average Bonchev–Trinajstić information content (AvgIpc) is 2.27. The van der Waals surface area contributed by atoms with Gasteiger partial charge in [-0.25, -0.2) is 9.97 Å². The third-order valence-corrected chi connectivity index (χ3v) is 2.75. The maximum Gasteiger partial charge on any atom is 0.254 e. The Kier molecular flexibility index (Phi) is 2.97. The Balaban J connectivity index is 2.62. The number of amides is 1. The van der Waals surface area contributed by atoms with E-state index >= 15 is 0 Å². The number of hydrogen-bond acceptors (Lipinski definition) is 4. The van der Waals surface area contributed by atoms with Crippen LogP contribution in [0.4, 0.5) is 5.82 Å². The molecule has 0 aliphatic rings. The highest BCUT2D eigenvalue weighted by atomic mass is 16.1. The van der Waals surface area contributed by atoms with Crippen LogP contribution < -0.4 is 11.5 Å². The van der Waals surface area contributed by atoms with Gasteiger partial charge in [0.1, 0.15) is 11.4 Å². The third kappa shape index (κ3) is 2.02. The lowest BCUT2D eigenvalue weighted by Crippen LogP contribution is -2.17. The highest BCUT2D eigenvalue weighted by Crippen LogP contribution is 2.22. The molecule has 2 rings (SSSR count). The largest absolute Gasteiger partial charge is 0.383 e. The highest BCUT2D eigenvalue weighted by Gasteiger charge is 2.15. The van der Waals surface area contributed by atoms with Crippen LogP contribution in [0.5, 0.6) is 0 Å². The molecule has 0 aliphatic heterocycles. The summed E-state index contributed by atoms with van der Waals surface area (Å²) in [5, 5.41) is 0. The molecule has 0 bridgehead atoms. The van der Waals surface area contributed by atoms with Crippen molar-refractivity contribution in [2.75, 3.05) is 5.73 Å². The van der Waals surface area contributed by atoms with E-state index in [1.807, 2.05) is 31.2 Å². The van der Waals surface area contributed by atoms with Gasteiger partial charge in [-0.15, -0.1) is 0 Å². The van der Waals surface area contributed by atoms with Crippen LogP contribution >= 0.6 is 0 Å². The number of primary amides is 1. The van der Waals surface area contributed by atoms with Crippen LogP contribution in [-0.4, -0.2) is 15.9 Å². The number of aryl methyl sites for hydroxylation is 2. The van der Waals surface area contributed by atoms with Crippen LogP contribution in [0.25, 0.3) is 11.4 Å². The van der Waals surface area contributed by atoms with Gasteiger partial charge in [0.2, 0.25) is 0 Å². The minimum absolute atomic E-state index is 0.119. The number of anilines is 1. The van der Waals surface area contributed by atoms with Gasteiger partial charge in [-0.2, -0.15) is 0 Å². The summed E-state index contributed by atoms with van der Waals surface area (Å²) in [5.74, 6) is 0.0164. The van der Waals surface area contributed by atoms with Gasteiger partial charge in [0, 0.05) is 5.56 Å². The molecule has 4 N–H and O–H groups in total. The molecule has 1 amide bonds. The average molecular weight is 242 g/mol. The Labute approximate surface area is 105 Å². The molecule has 1 aromatic carbocycles. The molecular weight excluding hydrogens is 228 g/mol. The molecule has 5 heteroatoms. The van der Waals surface area contributed by atoms with E-state index in [1.165, 1.54) is 0 Å². The number of nitrogen functional groups attached to an aromatic ring is 1. The topological polar surface area (TPSA) is 94.9 Å². The number of aromatic nitrogens is 2. The minimum Gasteiger partial charge on any atom is -0.383 e. The number of nitrogens with two attached hydrogens (primary N) is 2. The number of carbonyl (C=O) groups excluding carboxylic acids is 1. The van der Waals surface area contributed by atoms with Gasteiger partial charge in [0.25, 0.3) is 5.91 Å². The lowest BCUT2D eigenvalue weighted by Gasteiger charge is -2.09. The second-order valence-electron chi connectivity index (χ2n) is 4.07. The van der Waals surface area contributed by atoms with Crippen molar-refractivity contribution in [2.45, 2.75) is 13.8 Å². The molecule has 18 heavy (non-hydrogen) atoms. The van der Waals surface area contributed by atoms with Crippen molar-refractivity contribution in [2.24, 2.45) is 5.73 Å². The maximum absolute atomic E-state index is 11.2. The zero-order valence-electron chi connectivity index (χ0n) is 10.3. The van der Waals surface area contributed by atoms with Gasteiger partial charge < -0.3 is 11.5 Å². The fourth-order valence-corrected chi connectivity index (χ4v) is 1.84. The lowest BCUT2D eigenvalue weighted by molar-refractivity contribution is 0.1000. The van der Waals surface area contributed by atoms with E-state index in [1.54, 1.807) is 6.92 Å². The number of nitrogens with zero attached hydrogens (tertiary/aromatic N) is 2. The van der Waals surface area contributed by atoms with Gasteiger partial charge in [-0.1, -0.05) is 24.3 Å². The molecule has 0 aliphatic carbocycles. The van der Waals surface area contributed by atoms with Gasteiger partial charge in [0.05, 0.1) is 5.69 Å². The summed E-state index contributed by atoms with van der Waals surface area (Å²) >= 11 is 0. The van der Waals surface area contributed by atoms with Crippen molar-refractivity contribution in [1.29, 1.82) is 0 Å². The molecule has 0 saturated heterocycles. The Morgan fingerprint density at radius 2 is 1.83 bits per heavy atom. The maximum atomic E-state index is 11.2. The fourth-order valence-electron chi connectivity index (χ4n) is 1.84. The van der Waals surface area contributed by atoms with Gasteiger partial charge >= 0.3 is 0 Å². The number of rotatable bonds is 2. The summed E-state index contributed by atoms with van der Waals surface area (Å²) in [7, 11) is 0. The first-order valence-corrected chi connectivity index (χ1v) is 5.50. The molecule has 2 aromatic rings. The monoisotopic (exact) mass is 242 g/mol. The predicted octanol–water partition coefficient (Wildman–Crippen LogP) is 1.44. The summed E-state index contributed by atoms with van der Waals surface area (Å²) in [6, 6.07) is 7.71. The molecular formula is C13H14N4O. The standard InChI is InChI=1S/C13H14N4O/c1-7-5-3-4-6-9(7)13-16-8(2)10(12(15)18)11(14)17-13/h3-6H,1-2H3,(H2,15,18)(H2,14,16,17). The van der Waals surface area contributed by atoms with Crippen molar-refractivity contribution >= 4 is 11.7 Å². The first-order valence-electron chi connectivity index (χ1n) is 5.50. The van der Waals surface area contributed by atoms with Crippen LogP contribution in [0, 0.1) is 13.8 Å². The molecule has 0 atom stereocenters. The molecule has 92 valence electrons. The molecule has 0 fully saturated rings. The fraction of sp³-hybridized carbons (Fsp3) is 0.154. The van der Waals surface area contributed by atoms with Gasteiger partial charge in [0.15, 0.2) is 5.82 Å². The second-order valence-corrected chi connectivity index (χ2v) is 4.07. The Morgan fingerprint density at radius 3 is 2.39 bits per heavy atom. The smallest absolute Gasteiger partial charge is 0.254 e. The van der Waals surface area contributed by atoms with E-state index in [-0.39, 0.29) is 11.4 Å². The summed E-state index contributed by atoms with van der Waals surface area (Å²) in [4.78, 5) is 19.7. The second kappa shape index (κ2) is 4.44. The van der Waals surface area contributed by atoms with Crippen LogP contribution in [0.1, 0.15) is 21.6 Å². The van der Waals surface area contributed by atoms with E-state index in [0.29, 0.717) is 11.5 Å². The van der Waals surface area contributed by atoms with Gasteiger partial charge in [-0.05, 0) is 19.4 Å². The van der Waals surface area contributed by atoms with Crippen LogP contribution in [-0.2, 0) is 0 Å². The number of carbonyl (C=O) groups is 1. The summed E-state index contributed by atoms with van der Waals surface area (Å²) < 4.78 is 0. The molecule has 0 unspecified atom stereocenters. The lowest BCUT2D eigenvalue weighted by atomic mass is 10.1. The van der Waals surface area contributed by atoms with E-state index in [9.17, 15) is 4.79 Å². The SMILES string of the molecule is Cc1ccccc1-c1nc(C)c(C(N)=O)c(N)n1. The van der Waals surface area contributed by atoms with E-state index < -0.39 is 5.91 Å². The van der Waals surface area contributed by atoms with E-state index in [4.69, 9.17) is 11.5 Å². The summed E-state index contributed by atoms with van der Waals surface area (Å²) in [5.41, 5.74) is 13.6. The summed E-state index contributed by atoms with van der Waals surface area (Å²) in [6.07, 6.45) is 0. The summed E-state index contributed by atoms with van der Waals surface area (Å²) in [6.45, 7) is 3.66. The zero-order valence-corrected chi connectivity index (χ0v) is 10.3. The molecule has 5 nitrogen and oxygen atoms in total. The molecule has 0 radical (unpaired) electrons. The Morgan fingerprint density at radius 1 is 1.17 bits per heavy atom. The van der Waals surface area contributed by atoms with Crippen LogP contribution in [0.15, 0.2) is 24.3 Å². The van der Waals surface area contributed by atoms with E-state index in [2.05, 4.69) is 9.97 Å². The molecule has 1 heterocycles. The van der Waals surface area contributed by atoms with Crippen molar-refractivity contribution in [3.05, 3.63) is 41.1 Å². The molecule has 0 spiro atoms. The number of benzene rings is 1. The quantitative estimate of drug-likeness (QED) is 0.833. The zero-order chi connectivity index (χ0) is 13.3. The van der Waals surface area contributed by atoms with Crippen molar-refractivity contribution in [3.8, 4) is 11.4 Å². The van der Waals surface area contributed by atoms with Crippen molar-refractivity contribution in [3.63, 3.8) is 0 Å². The predicted molar refractivity (Wildman–Crippen MR) is 69.9 cm³/mol.